The Morgan fingerprint density at radius 3 is 2.69 bits per heavy atom. The summed E-state index contributed by atoms with van der Waals surface area (Å²) in [5.41, 5.74) is 0. The van der Waals surface area contributed by atoms with Crippen molar-refractivity contribution in [2.24, 2.45) is 0 Å². The molecule has 2 rings (SSSR count). The molecule has 1 aromatic rings. The van der Waals surface area contributed by atoms with Crippen molar-refractivity contribution >= 4 is 9.84 Å². The Morgan fingerprint density at radius 1 is 1.62 bits per heavy atom. The first-order chi connectivity index (χ1) is 6.07. The van der Waals surface area contributed by atoms with E-state index in [0.29, 0.717) is 10.9 Å². The minimum atomic E-state index is -3.10. The van der Waals surface area contributed by atoms with Gasteiger partial charge in [-0.05, 0) is 0 Å². The minimum absolute atomic E-state index is 0.291. The first-order valence-electron chi connectivity index (χ1n) is 4.02. The molecule has 6 heteroatoms. The largest absolute Gasteiger partial charge is 0.312 e. The highest BCUT2D eigenvalue weighted by Crippen LogP contribution is 2.13. The predicted molar refractivity (Wildman–Crippen MR) is 47.2 cm³/mol. The fraction of sp³-hybridized carbons (Fsp3) is 0.571. The summed E-state index contributed by atoms with van der Waals surface area (Å²) in [6.45, 7) is 1.73. The van der Waals surface area contributed by atoms with Gasteiger partial charge in [-0.1, -0.05) is 0 Å². The van der Waals surface area contributed by atoms with Crippen LogP contribution in [0.15, 0.2) is 17.3 Å². The molecule has 1 aliphatic rings. The van der Waals surface area contributed by atoms with E-state index in [-0.39, 0.29) is 0 Å². The van der Waals surface area contributed by atoms with Gasteiger partial charge in [0, 0.05) is 25.5 Å². The monoisotopic (exact) mass is 201 g/mol. The van der Waals surface area contributed by atoms with E-state index in [4.69, 9.17) is 0 Å². The molecule has 1 saturated heterocycles. The van der Waals surface area contributed by atoms with Gasteiger partial charge >= 0.3 is 0 Å². The molecule has 0 saturated carbocycles. The predicted octanol–water partition coefficient (Wildman–Crippen LogP) is -0.569. The van der Waals surface area contributed by atoms with Crippen molar-refractivity contribution in [2.45, 2.75) is 10.9 Å². The fourth-order valence-corrected chi connectivity index (χ4v) is 1.71. The molecule has 0 unspecified atom stereocenters. The van der Waals surface area contributed by atoms with Crippen molar-refractivity contribution < 1.29 is 8.42 Å². The van der Waals surface area contributed by atoms with Crippen molar-refractivity contribution in [2.75, 3.05) is 19.3 Å². The Hall–Kier alpha value is -0.880. The normalized spacial score (nSPS) is 18.5. The van der Waals surface area contributed by atoms with Crippen LogP contribution in [0.2, 0.25) is 0 Å². The summed E-state index contributed by atoms with van der Waals surface area (Å²) in [5.74, 6) is 0. The van der Waals surface area contributed by atoms with Crippen LogP contribution in [0.25, 0.3) is 0 Å². The van der Waals surface area contributed by atoms with Crippen LogP contribution >= 0.6 is 0 Å². The molecule has 72 valence electrons. The highest BCUT2D eigenvalue weighted by Gasteiger charge is 2.20. The lowest BCUT2D eigenvalue weighted by Gasteiger charge is -2.27. The van der Waals surface area contributed by atoms with Gasteiger partial charge in [0.15, 0.2) is 9.84 Å². The van der Waals surface area contributed by atoms with E-state index in [1.807, 2.05) is 0 Å². The third-order valence-electron chi connectivity index (χ3n) is 2.14. The van der Waals surface area contributed by atoms with Crippen molar-refractivity contribution in [3.8, 4) is 0 Å². The molecule has 0 bridgehead atoms. The van der Waals surface area contributed by atoms with E-state index < -0.39 is 9.84 Å². The first kappa shape index (κ1) is 8.71. The van der Waals surface area contributed by atoms with Crippen LogP contribution < -0.4 is 5.32 Å². The quantitative estimate of drug-likeness (QED) is 0.696. The van der Waals surface area contributed by atoms with Gasteiger partial charge in [0.05, 0.1) is 12.2 Å². The Morgan fingerprint density at radius 2 is 2.31 bits per heavy atom. The first-order valence-corrected chi connectivity index (χ1v) is 5.91. The van der Waals surface area contributed by atoms with E-state index in [2.05, 4.69) is 10.4 Å². The second-order valence-corrected chi connectivity index (χ2v) is 5.26. The molecule has 13 heavy (non-hydrogen) atoms. The molecule has 0 aromatic carbocycles. The second kappa shape index (κ2) is 2.81. The number of nitrogens with zero attached hydrogens (tertiary/aromatic N) is 2. The summed E-state index contributed by atoms with van der Waals surface area (Å²) in [6, 6.07) is 0.315. The zero-order valence-corrected chi connectivity index (χ0v) is 8.08. The van der Waals surface area contributed by atoms with Crippen molar-refractivity contribution in [1.82, 2.24) is 15.1 Å². The lowest BCUT2D eigenvalue weighted by atomic mass is 10.2. The highest BCUT2D eigenvalue weighted by molar-refractivity contribution is 7.90. The Labute approximate surface area is 76.7 Å². The van der Waals surface area contributed by atoms with Crippen molar-refractivity contribution in [1.29, 1.82) is 0 Å². The number of aromatic nitrogens is 2. The molecule has 0 radical (unpaired) electrons. The Kier molecular flexibility index (Phi) is 1.88. The maximum atomic E-state index is 11.1. The van der Waals surface area contributed by atoms with Gasteiger partial charge in [0.1, 0.15) is 4.90 Å². The van der Waals surface area contributed by atoms with Crippen LogP contribution in [-0.2, 0) is 9.84 Å². The van der Waals surface area contributed by atoms with Crippen molar-refractivity contribution in [3.63, 3.8) is 0 Å². The molecule has 0 atom stereocenters. The van der Waals surface area contributed by atoms with Gasteiger partial charge in [-0.15, -0.1) is 0 Å². The fourth-order valence-electron chi connectivity index (χ4n) is 1.17. The van der Waals surface area contributed by atoms with E-state index in [0.717, 1.165) is 13.1 Å². The molecule has 0 amide bonds. The van der Waals surface area contributed by atoms with Crippen LogP contribution in [-0.4, -0.2) is 37.5 Å². The number of rotatable bonds is 2. The van der Waals surface area contributed by atoms with Crippen LogP contribution in [0.5, 0.6) is 0 Å². The molecule has 2 heterocycles. The third kappa shape index (κ3) is 1.59. The molecular formula is C7H11N3O2S. The molecule has 0 aliphatic carbocycles. The van der Waals surface area contributed by atoms with Gasteiger partial charge in [-0.2, -0.15) is 5.10 Å². The average molecular weight is 201 g/mol. The molecule has 1 aliphatic heterocycles. The topological polar surface area (TPSA) is 64.0 Å². The maximum absolute atomic E-state index is 11.1. The number of sulfone groups is 1. The third-order valence-corrected chi connectivity index (χ3v) is 3.21. The number of hydrogen-bond donors (Lipinski definition) is 1. The molecule has 1 aromatic heterocycles. The molecular weight excluding hydrogens is 190 g/mol. The number of nitrogens with one attached hydrogen (secondary N) is 1. The van der Waals surface area contributed by atoms with Crippen molar-refractivity contribution in [3.05, 3.63) is 12.4 Å². The van der Waals surface area contributed by atoms with E-state index in [9.17, 15) is 8.42 Å². The van der Waals surface area contributed by atoms with E-state index >= 15 is 0 Å². The second-order valence-electron chi connectivity index (χ2n) is 3.24. The zero-order chi connectivity index (χ0) is 9.47. The molecule has 5 nitrogen and oxygen atoms in total. The summed E-state index contributed by atoms with van der Waals surface area (Å²) in [7, 11) is -3.10. The molecule has 1 N–H and O–H groups in total. The van der Waals surface area contributed by atoms with Crippen LogP contribution in [0.4, 0.5) is 0 Å². The minimum Gasteiger partial charge on any atom is -0.312 e. The molecule has 0 spiro atoms. The lowest BCUT2D eigenvalue weighted by Crippen LogP contribution is -2.43. The number of hydrogen-bond acceptors (Lipinski definition) is 4. The maximum Gasteiger partial charge on any atom is 0.178 e. The standard InChI is InChI=1S/C7H11N3O2S/c1-13(11,12)7-4-9-10(5-7)6-2-8-3-6/h4-6,8H,2-3H2,1H3. The summed E-state index contributed by atoms with van der Waals surface area (Å²) < 4.78 is 23.9. The lowest BCUT2D eigenvalue weighted by molar-refractivity contribution is 0.317. The summed E-state index contributed by atoms with van der Waals surface area (Å²) in [5, 5.41) is 7.10. The summed E-state index contributed by atoms with van der Waals surface area (Å²) in [4.78, 5) is 0.291. The SMILES string of the molecule is CS(=O)(=O)c1cnn(C2CNC2)c1. The zero-order valence-electron chi connectivity index (χ0n) is 7.27. The van der Waals surface area contributed by atoms with Crippen LogP contribution in [0.3, 0.4) is 0 Å². The highest BCUT2D eigenvalue weighted by atomic mass is 32.2. The summed E-state index contributed by atoms with van der Waals surface area (Å²) >= 11 is 0. The van der Waals surface area contributed by atoms with Crippen LogP contribution in [0, 0.1) is 0 Å². The van der Waals surface area contributed by atoms with Gasteiger partial charge in [-0.25, -0.2) is 8.42 Å². The van der Waals surface area contributed by atoms with Gasteiger partial charge in [0.2, 0.25) is 0 Å². The van der Waals surface area contributed by atoms with Gasteiger partial charge in [-0.3, -0.25) is 4.68 Å². The smallest absolute Gasteiger partial charge is 0.178 e. The van der Waals surface area contributed by atoms with Crippen LogP contribution in [0.1, 0.15) is 6.04 Å². The Bertz CT molecular complexity index is 405. The van der Waals surface area contributed by atoms with E-state index in [1.54, 1.807) is 10.9 Å². The van der Waals surface area contributed by atoms with E-state index in [1.165, 1.54) is 12.5 Å². The van der Waals surface area contributed by atoms with Gasteiger partial charge < -0.3 is 5.32 Å². The molecule has 1 fully saturated rings. The average Bonchev–Trinajstić information content (AvgIpc) is 2.29. The summed E-state index contributed by atoms with van der Waals surface area (Å²) in [6.07, 6.45) is 4.17. The van der Waals surface area contributed by atoms with Gasteiger partial charge in [0.25, 0.3) is 0 Å². The Balaban J connectivity index is 2.27.